The summed E-state index contributed by atoms with van der Waals surface area (Å²) in [6.45, 7) is 0.886. The lowest BCUT2D eigenvalue weighted by atomic mass is 9.98. The molecule has 170 valence electrons. The fourth-order valence-corrected chi connectivity index (χ4v) is 4.92. The Hall–Kier alpha value is -4.26. The van der Waals surface area contributed by atoms with Gasteiger partial charge in [-0.25, -0.2) is 0 Å². The standard InChI is InChI=1S/C27H22N2O5/c30-25(17-7-8-21-16(14-17)10-13-34-21)23-24(22-6-3-12-33-22)29(27(32)26(23)31)11-9-18-15-28-20-5-2-1-4-19(18)20/h1-8,12,14-15,24,28,30H,9-11,13H2/b25-23-. The second-order valence-corrected chi connectivity index (χ2v) is 8.54. The van der Waals surface area contributed by atoms with E-state index in [-0.39, 0.29) is 11.3 Å². The molecule has 2 aliphatic heterocycles. The van der Waals surface area contributed by atoms with Crippen LogP contribution in [0.15, 0.2) is 77.0 Å². The summed E-state index contributed by atoms with van der Waals surface area (Å²) in [4.78, 5) is 31.0. The molecule has 7 nitrogen and oxygen atoms in total. The van der Waals surface area contributed by atoms with Crippen LogP contribution in [0.25, 0.3) is 16.7 Å². The Kier molecular flexibility index (Phi) is 4.76. The Balaban J connectivity index is 1.38. The third kappa shape index (κ3) is 3.20. The summed E-state index contributed by atoms with van der Waals surface area (Å²) in [6.07, 6.45) is 4.71. The van der Waals surface area contributed by atoms with Crippen molar-refractivity contribution < 1.29 is 23.8 Å². The van der Waals surface area contributed by atoms with E-state index in [0.717, 1.165) is 34.2 Å². The molecule has 1 atom stereocenters. The van der Waals surface area contributed by atoms with Crippen LogP contribution >= 0.6 is 0 Å². The van der Waals surface area contributed by atoms with Crippen LogP contribution in [-0.4, -0.2) is 39.8 Å². The van der Waals surface area contributed by atoms with Crippen molar-refractivity contribution in [2.45, 2.75) is 18.9 Å². The molecule has 2 aromatic heterocycles. The van der Waals surface area contributed by atoms with Crippen LogP contribution < -0.4 is 4.74 Å². The predicted molar refractivity (Wildman–Crippen MR) is 125 cm³/mol. The summed E-state index contributed by atoms with van der Waals surface area (Å²) < 4.78 is 11.2. The van der Waals surface area contributed by atoms with Gasteiger partial charge in [0.15, 0.2) is 0 Å². The molecule has 34 heavy (non-hydrogen) atoms. The lowest BCUT2D eigenvalue weighted by Gasteiger charge is -2.23. The fourth-order valence-electron chi connectivity index (χ4n) is 4.92. The number of amides is 1. The van der Waals surface area contributed by atoms with Crippen LogP contribution in [0.1, 0.15) is 28.5 Å². The first-order chi connectivity index (χ1) is 16.6. The smallest absolute Gasteiger partial charge is 0.295 e. The van der Waals surface area contributed by atoms with Gasteiger partial charge in [0, 0.05) is 35.6 Å². The van der Waals surface area contributed by atoms with E-state index in [1.54, 1.807) is 24.3 Å². The largest absolute Gasteiger partial charge is 0.507 e. The summed E-state index contributed by atoms with van der Waals surface area (Å²) in [5.74, 6) is -0.353. The van der Waals surface area contributed by atoms with Crippen molar-refractivity contribution in [1.82, 2.24) is 9.88 Å². The maximum atomic E-state index is 13.2. The molecule has 2 aromatic carbocycles. The van der Waals surface area contributed by atoms with Crippen molar-refractivity contribution in [1.29, 1.82) is 0 Å². The van der Waals surface area contributed by atoms with Crippen molar-refractivity contribution in [2.75, 3.05) is 13.2 Å². The highest BCUT2D eigenvalue weighted by Gasteiger charge is 2.47. The number of aromatic nitrogens is 1. The zero-order valence-corrected chi connectivity index (χ0v) is 18.3. The number of ketones is 1. The number of hydrogen-bond donors (Lipinski definition) is 2. The summed E-state index contributed by atoms with van der Waals surface area (Å²) in [6, 6.07) is 15.9. The number of nitrogens with zero attached hydrogens (tertiary/aromatic N) is 1. The number of furan rings is 1. The topological polar surface area (TPSA) is 95.8 Å². The summed E-state index contributed by atoms with van der Waals surface area (Å²) >= 11 is 0. The third-order valence-electron chi connectivity index (χ3n) is 6.61. The van der Waals surface area contributed by atoms with Crippen LogP contribution in [0.3, 0.4) is 0 Å². The molecule has 0 saturated carbocycles. The Morgan fingerprint density at radius 1 is 1.12 bits per heavy atom. The number of fused-ring (bicyclic) bond motifs is 2. The maximum absolute atomic E-state index is 13.2. The number of Topliss-reactive ketones (excluding diaryl/α,β-unsaturated/α-hetero) is 1. The van der Waals surface area contributed by atoms with Crippen molar-refractivity contribution in [2.24, 2.45) is 0 Å². The highest BCUT2D eigenvalue weighted by molar-refractivity contribution is 6.46. The van der Waals surface area contributed by atoms with Crippen LogP contribution in [0.2, 0.25) is 0 Å². The second-order valence-electron chi connectivity index (χ2n) is 8.54. The highest BCUT2D eigenvalue weighted by atomic mass is 16.5. The number of ether oxygens (including phenoxy) is 1. The molecule has 4 aromatic rings. The minimum atomic E-state index is -0.801. The van der Waals surface area contributed by atoms with Crippen LogP contribution in [-0.2, 0) is 22.4 Å². The maximum Gasteiger partial charge on any atom is 0.295 e. The highest BCUT2D eigenvalue weighted by Crippen LogP contribution is 2.40. The minimum absolute atomic E-state index is 0.0396. The summed E-state index contributed by atoms with van der Waals surface area (Å²) in [5, 5.41) is 12.3. The average Bonchev–Trinajstić information content (AvgIpc) is 3.65. The van der Waals surface area contributed by atoms with Crippen molar-refractivity contribution in [3.8, 4) is 5.75 Å². The van der Waals surface area contributed by atoms with Crippen LogP contribution in [0, 0.1) is 0 Å². The minimum Gasteiger partial charge on any atom is -0.507 e. The number of para-hydroxylation sites is 1. The average molecular weight is 454 g/mol. The molecular weight excluding hydrogens is 432 g/mol. The van der Waals surface area contributed by atoms with Gasteiger partial charge in [0.25, 0.3) is 11.7 Å². The lowest BCUT2D eigenvalue weighted by Crippen LogP contribution is -2.31. The van der Waals surface area contributed by atoms with E-state index in [1.165, 1.54) is 11.2 Å². The van der Waals surface area contributed by atoms with Gasteiger partial charge in [0.1, 0.15) is 23.3 Å². The number of H-pyrrole nitrogens is 1. The van der Waals surface area contributed by atoms with Crippen LogP contribution in [0.5, 0.6) is 5.75 Å². The first-order valence-electron chi connectivity index (χ1n) is 11.2. The van der Waals surface area contributed by atoms with Gasteiger partial charge in [-0.05, 0) is 53.9 Å². The number of aliphatic hydroxyl groups excluding tert-OH is 1. The monoisotopic (exact) mass is 454 g/mol. The predicted octanol–water partition coefficient (Wildman–Crippen LogP) is 4.36. The van der Waals surface area contributed by atoms with Gasteiger partial charge in [-0.1, -0.05) is 18.2 Å². The first-order valence-corrected chi connectivity index (χ1v) is 11.2. The molecule has 2 aliphatic rings. The van der Waals surface area contributed by atoms with E-state index in [4.69, 9.17) is 9.15 Å². The van der Waals surface area contributed by atoms with E-state index in [2.05, 4.69) is 4.98 Å². The quantitative estimate of drug-likeness (QED) is 0.265. The molecule has 0 radical (unpaired) electrons. The Morgan fingerprint density at radius 3 is 2.85 bits per heavy atom. The fraction of sp³-hybridized carbons (Fsp3) is 0.185. The number of carbonyl (C=O) groups excluding carboxylic acids is 2. The van der Waals surface area contributed by atoms with Gasteiger partial charge in [0.05, 0.1) is 18.4 Å². The van der Waals surface area contributed by atoms with E-state index in [0.29, 0.717) is 30.9 Å². The van der Waals surface area contributed by atoms with Crippen molar-refractivity contribution in [3.05, 3.63) is 95.1 Å². The molecule has 1 unspecified atom stereocenters. The van der Waals surface area contributed by atoms with Gasteiger partial charge in [-0.15, -0.1) is 0 Å². The summed E-state index contributed by atoms with van der Waals surface area (Å²) in [5.41, 5.74) is 3.55. The van der Waals surface area contributed by atoms with E-state index in [1.807, 2.05) is 36.5 Å². The zero-order chi connectivity index (χ0) is 23.2. The molecule has 1 saturated heterocycles. The molecule has 0 aliphatic carbocycles. The first kappa shape index (κ1) is 20.4. The number of aromatic amines is 1. The van der Waals surface area contributed by atoms with E-state index >= 15 is 0 Å². The van der Waals surface area contributed by atoms with Crippen molar-refractivity contribution >= 4 is 28.4 Å². The molecule has 4 heterocycles. The van der Waals surface area contributed by atoms with Gasteiger partial charge in [-0.3, -0.25) is 9.59 Å². The normalized spacial score (nSPS) is 19.1. The second kappa shape index (κ2) is 7.95. The van der Waals surface area contributed by atoms with E-state index < -0.39 is 17.7 Å². The number of benzene rings is 2. The molecular formula is C27H22N2O5. The number of nitrogens with one attached hydrogen (secondary N) is 1. The SMILES string of the molecule is O=C1C(=O)N(CCc2c[nH]c3ccccc23)C(c2ccco2)/C1=C(/O)c1ccc2c(c1)CCO2. The van der Waals surface area contributed by atoms with Gasteiger partial charge < -0.3 is 24.1 Å². The number of carbonyl (C=O) groups is 2. The number of rotatable bonds is 5. The molecule has 6 rings (SSSR count). The number of hydrogen-bond acceptors (Lipinski definition) is 5. The number of likely N-dealkylation sites (tertiary alicyclic amines) is 1. The third-order valence-corrected chi connectivity index (χ3v) is 6.61. The molecule has 0 spiro atoms. The van der Waals surface area contributed by atoms with Gasteiger partial charge in [0.2, 0.25) is 0 Å². The Morgan fingerprint density at radius 2 is 2.00 bits per heavy atom. The Labute approximate surface area is 195 Å². The molecule has 1 amide bonds. The van der Waals surface area contributed by atoms with Crippen molar-refractivity contribution in [3.63, 3.8) is 0 Å². The van der Waals surface area contributed by atoms with E-state index in [9.17, 15) is 14.7 Å². The zero-order valence-electron chi connectivity index (χ0n) is 18.3. The molecule has 2 N–H and O–H groups in total. The summed E-state index contributed by atoms with van der Waals surface area (Å²) in [7, 11) is 0. The van der Waals surface area contributed by atoms with Gasteiger partial charge >= 0.3 is 0 Å². The number of aliphatic hydroxyl groups is 1. The van der Waals surface area contributed by atoms with Gasteiger partial charge in [-0.2, -0.15) is 0 Å². The lowest BCUT2D eigenvalue weighted by molar-refractivity contribution is -0.140. The molecule has 0 bridgehead atoms. The molecule has 1 fully saturated rings. The Bertz CT molecular complexity index is 1450. The van der Waals surface area contributed by atoms with Crippen LogP contribution in [0.4, 0.5) is 0 Å². The molecule has 7 heteroatoms.